The number of rotatable bonds is 3. The lowest BCUT2D eigenvalue weighted by Crippen LogP contribution is -2.03. The van der Waals surface area contributed by atoms with Gasteiger partial charge in [-0.15, -0.1) is 0 Å². The second-order valence-corrected chi connectivity index (χ2v) is 4.15. The summed E-state index contributed by atoms with van der Waals surface area (Å²) in [7, 11) is 0. The molecule has 2 rings (SSSR count). The largest absolute Gasteiger partial charge is 0.364 e. The first-order valence-electron chi connectivity index (χ1n) is 5.63. The van der Waals surface area contributed by atoms with E-state index in [0.717, 1.165) is 12.5 Å². The lowest BCUT2D eigenvalue weighted by atomic mass is 10.1. The first-order chi connectivity index (χ1) is 6.77. The molecule has 1 heteroatoms. The number of hydrogen-bond donors (Lipinski definition) is 0. The van der Waals surface area contributed by atoms with Gasteiger partial charge in [0.1, 0.15) is 0 Å². The van der Waals surface area contributed by atoms with Gasteiger partial charge in [0, 0.05) is 18.3 Å². The summed E-state index contributed by atoms with van der Waals surface area (Å²) in [5.74, 6) is 0. The van der Waals surface area contributed by atoms with E-state index >= 15 is 0 Å². The Morgan fingerprint density at radius 1 is 1.36 bits per heavy atom. The molecule has 0 spiro atoms. The Labute approximate surface area is 86.7 Å². The lowest BCUT2D eigenvalue weighted by molar-refractivity contribution is 0.915. The van der Waals surface area contributed by atoms with Crippen molar-refractivity contribution in [3.8, 4) is 0 Å². The van der Waals surface area contributed by atoms with Crippen LogP contribution in [0.5, 0.6) is 0 Å². The summed E-state index contributed by atoms with van der Waals surface area (Å²) in [4.78, 5) is 2.54. The van der Waals surface area contributed by atoms with Crippen molar-refractivity contribution in [3.05, 3.63) is 29.3 Å². The van der Waals surface area contributed by atoms with Gasteiger partial charge in [0.25, 0.3) is 0 Å². The molecule has 14 heavy (non-hydrogen) atoms. The van der Waals surface area contributed by atoms with Crippen LogP contribution in [0.25, 0.3) is 0 Å². The van der Waals surface area contributed by atoms with Crippen molar-refractivity contribution in [1.82, 2.24) is 0 Å². The van der Waals surface area contributed by atoms with Gasteiger partial charge in [-0.2, -0.15) is 0 Å². The number of benzene rings is 1. The monoisotopic (exact) mass is 189 g/mol. The van der Waals surface area contributed by atoms with Crippen LogP contribution in [0.1, 0.15) is 31.4 Å². The third-order valence-electron chi connectivity index (χ3n) is 3.18. The van der Waals surface area contributed by atoms with Gasteiger partial charge < -0.3 is 4.90 Å². The maximum Gasteiger partial charge on any atom is 0.0463 e. The van der Waals surface area contributed by atoms with Crippen LogP contribution in [0, 0.1) is 6.92 Å². The van der Waals surface area contributed by atoms with Crippen LogP contribution < -0.4 is 4.90 Å². The topological polar surface area (TPSA) is 3.01 Å². The van der Waals surface area contributed by atoms with E-state index in [-0.39, 0.29) is 0 Å². The fourth-order valence-corrected chi connectivity index (χ4v) is 2.22. The number of hydrogen-bond acceptors (Lipinski definition) is 1. The molecule has 0 unspecified atom stereocenters. The maximum absolute atomic E-state index is 2.54. The van der Waals surface area contributed by atoms with Crippen molar-refractivity contribution in [2.75, 3.05) is 11.4 Å². The van der Waals surface area contributed by atoms with Gasteiger partial charge in [-0.25, -0.2) is 0 Å². The van der Waals surface area contributed by atoms with E-state index in [1.807, 2.05) is 0 Å². The average Bonchev–Trinajstić information content (AvgIpc) is 2.96. The smallest absolute Gasteiger partial charge is 0.0463 e. The molecule has 0 radical (unpaired) electrons. The summed E-state index contributed by atoms with van der Waals surface area (Å²) in [6.45, 7) is 7.99. The molecule has 1 nitrogen and oxygen atoms in total. The third kappa shape index (κ3) is 1.52. The van der Waals surface area contributed by atoms with E-state index in [0.29, 0.717) is 0 Å². The molecular weight excluding hydrogens is 170 g/mol. The van der Waals surface area contributed by atoms with E-state index in [9.17, 15) is 0 Å². The molecule has 1 fully saturated rings. The Kier molecular flexibility index (Phi) is 2.49. The molecule has 1 heterocycles. The molecule has 1 saturated heterocycles. The Balaban J connectivity index is 2.32. The van der Waals surface area contributed by atoms with Crippen LogP contribution in [0.15, 0.2) is 18.2 Å². The number of aryl methyl sites for hydroxylation is 2. The standard InChI is InChI=1S/C13H19N/c1-4-11-8-6-7-10(3)13(11)14-9-12(14)5-2/h6-8,12H,4-5,9H2,1-3H3/t12-,14?/m1/s1. The molecule has 0 amide bonds. The third-order valence-corrected chi connectivity index (χ3v) is 3.18. The molecular formula is C13H19N. The predicted molar refractivity (Wildman–Crippen MR) is 62.0 cm³/mol. The zero-order chi connectivity index (χ0) is 10.1. The second kappa shape index (κ2) is 3.64. The van der Waals surface area contributed by atoms with Gasteiger partial charge in [-0.1, -0.05) is 32.0 Å². The number of nitrogens with zero attached hydrogens (tertiary/aromatic N) is 1. The summed E-state index contributed by atoms with van der Waals surface area (Å²) in [6.07, 6.45) is 2.42. The van der Waals surface area contributed by atoms with Gasteiger partial charge in [0.05, 0.1) is 0 Å². The first-order valence-corrected chi connectivity index (χ1v) is 5.63. The summed E-state index contributed by atoms with van der Waals surface area (Å²) in [5, 5.41) is 0. The molecule has 1 aromatic carbocycles. The Bertz CT molecular complexity index is 330. The Hall–Kier alpha value is -0.980. The fourth-order valence-electron chi connectivity index (χ4n) is 2.22. The minimum absolute atomic E-state index is 0.807. The Morgan fingerprint density at radius 2 is 2.14 bits per heavy atom. The molecule has 0 bridgehead atoms. The van der Waals surface area contributed by atoms with E-state index in [2.05, 4.69) is 43.9 Å². The van der Waals surface area contributed by atoms with Gasteiger partial charge in [0.2, 0.25) is 0 Å². The lowest BCUT2D eigenvalue weighted by Gasteiger charge is -2.13. The normalized spacial score (nSPS) is 19.9. The van der Waals surface area contributed by atoms with Gasteiger partial charge >= 0.3 is 0 Å². The van der Waals surface area contributed by atoms with Crippen LogP contribution >= 0.6 is 0 Å². The quantitative estimate of drug-likeness (QED) is 0.660. The van der Waals surface area contributed by atoms with E-state index in [4.69, 9.17) is 0 Å². The van der Waals surface area contributed by atoms with Crippen LogP contribution in [0.3, 0.4) is 0 Å². The minimum atomic E-state index is 0.807. The van der Waals surface area contributed by atoms with Crippen molar-refractivity contribution < 1.29 is 0 Å². The maximum atomic E-state index is 2.54. The first kappa shape index (κ1) is 9.57. The Morgan fingerprint density at radius 3 is 2.71 bits per heavy atom. The van der Waals surface area contributed by atoms with Crippen molar-refractivity contribution in [2.24, 2.45) is 0 Å². The highest BCUT2D eigenvalue weighted by Gasteiger charge is 2.34. The molecule has 76 valence electrons. The van der Waals surface area contributed by atoms with Crippen molar-refractivity contribution >= 4 is 5.69 Å². The van der Waals surface area contributed by atoms with Crippen LogP contribution in [-0.2, 0) is 6.42 Å². The molecule has 1 aromatic rings. The fraction of sp³-hybridized carbons (Fsp3) is 0.538. The molecule has 1 aliphatic rings. The van der Waals surface area contributed by atoms with Gasteiger partial charge in [-0.05, 0) is 30.9 Å². The number of para-hydroxylation sites is 1. The number of anilines is 1. The van der Waals surface area contributed by atoms with Crippen molar-refractivity contribution in [1.29, 1.82) is 0 Å². The van der Waals surface area contributed by atoms with Crippen LogP contribution in [-0.4, -0.2) is 12.6 Å². The van der Waals surface area contributed by atoms with Crippen molar-refractivity contribution in [2.45, 2.75) is 39.7 Å². The van der Waals surface area contributed by atoms with Crippen LogP contribution in [0.4, 0.5) is 5.69 Å². The zero-order valence-electron chi connectivity index (χ0n) is 9.38. The van der Waals surface area contributed by atoms with E-state index in [1.54, 1.807) is 0 Å². The summed E-state index contributed by atoms with van der Waals surface area (Å²) < 4.78 is 0. The average molecular weight is 189 g/mol. The second-order valence-electron chi connectivity index (χ2n) is 4.15. The molecule has 0 N–H and O–H groups in total. The van der Waals surface area contributed by atoms with Gasteiger partial charge in [-0.3, -0.25) is 0 Å². The van der Waals surface area contributed by atoms with Gasteiger partial charge in [0.15, 0.2) is 0 Å². The molecule has 1 atom stereocenters. The highest BCUT2D eigenvalue weighted by Crippen LogP contribution is 2.35. The van der Waals surface area contributed by atoms with E-state index < -0.39 is 0 Å². The zero-order valence-corrected chi connectivity index (χ0v) is 9.38. The molecule has 1 aliphatic heterocycles. The summed E-state index contributed by atoms with van der Waals surface area (Å²) >= 11 is 0. The van der Waals surface area contributed by atoms with E-state index in [1.165, 1.54) is 29.8 Å². The minimum Gasteiger partial charge on any atom is -0.364 e. The molecule has 0 saturated carbocycles. The molecule has 0 aliphatic carbocycles. The summed E-state index contributed by atoms with van der Waals surface area (Å²) in [6, 6.07) is 7.45. The highest BCUT2D eigenvalue weighted by atomic mass is 15.3. The highest BCUT2D eigenvalue weighted by molar-refractivity contribution is 5.64. The summed E-state index contributed by atoms with van der Waals surface area (Å²) in [5.41, 5.74) is 4.43. The van der Waals surface area contributed by atoms with Crippen molar-refractivity contribution in [3.63, 3.8) is 0 Å². The van der Waals surface area contributed by atoms with Crippen LogP contribution in [0.2, 0.25) is 0 Å². The SMILES string of the molecule is CCc1cccc(C)c1N1C[C@H]1CC. The molecule has 0 aromatic heterocycles. The predicted octanol–water partition coefficient (Wildman–Crippen LogP) is 3.16.